The van der Waals surface area contributed by atoms with Gasteiger partial charge >= 0.3 is 6.18 Å². The van der Waals surface area contributed by atoms with Gasteiger partial charge in [0, 0.05) is 5.71 Å². The van der Waals surface area contributed by atoms with Crippen molar-refractivity contribution >= 4 is 11.6 Å². The number of nitrogens with zero attached hydrogens (tertiary/aromatic N) is 2. The minimum atomic E-state index is -4.99. The summed E-state index contributed by atoms with van der Waals surface area (Å²) in [5.74, 6) is -2.03. The molecule has 0 aromatic heterocycles. The van der Waals surface area contributed by atoms with Gasteiger partial charge in [0.25, 0.3) is 5.72 Å². The molecule has 0 radical (unpaired) electrons. The fourth-order valence-corrected chi connectivity index (χ4v) is 4.31. The van der Waals surface area contributed by atoms with Gasteiger partial charge in [-0.05, 0) is 36.2 Å². The third-order valence-electron chi connectivity index (χ3n) is 6.58. The van der Waals surface area contributed by atoms with Crippen molar-refractivity contribution in [2.24, 2.45) is 22.4 Å². The Kier molecular flexibility index (Phi) is 5.34. The normalized spacial score (nSPS) is 28.1. The zero-order chi connectivity index (χ0) is 20.7. The molecular weight excluding hydrogens is 369 g/mol. The van der Waals surface area contributed by atoms with Crippen molar-refractivity contribution in [2.45, 2.75) is 64.8 Å². The molecule has 7 heteroatoms. The van der Waals surface area contributed by atoms with Crippen molar-refractivity contribution in [3.05, 3.63) is 35.9 Å². The second-order valence-electron chi connectivity index (χ2n) is 8.55. The molecule has 0 spiro atoms. The summed E-state index contributed by atoms with van der Waals surface area (Å²) in [5, 5.41) is 15.2. The first-order chi connectivity index (χ1) is 13.0. The first kappa shape index (κ1) is 20.8. The molecular formula is C21H27F3N2O2. The van der Waals surface area contributed by atoms with Crippen LogP contribution < -0.4 is 0 Å². The third-order valence-corrected chi connectivity index (χ3v) is 6.58. The number of rotatable bonds is 4. The molecule has 0 unspecified atom stereocenters. The van der Waals surface area contributed by atoms with E-state index < -0.39 is 23.7 Å². The molecule has 2 aliphatic rings. The number of carbonyl (C=O) groups is 1. The second-order valence-corrected chi connectivity index (χ2v) is 8.55. The van der Waals surface area contributed by atoms with E-state index in [1.54, 1.807) is 30.3 Å². The molecule has 1 fully saturated rings. The summed E-state index contributed by atoms with van der Waals surface area (Å²) >= 11 is 0. The summed E-state index contributed by atoms with van der Waals surface area (Å²) < 4.78 is 42.2. The lowest BCUT2D eigenvalue weighted by Gasteiger charge is -2.43. The van der Waals surface area contributed by atoms with Crippen molar-refractivity contribution in [3.8, 4) is 0 Å². The zero-order valence-corrected chi connectivity index (χ0v) is 16.5. The van der Waals surface area contributed by atoms with Gasteiger partial charge in [0.1, 0.15) is 0 Å². The molecule has 0 bridgehead atoms. The van der Waals surface area contributed by atoms with E-state index in [0.29, 0.717) is 23.4 Å². The summed E-state index contributed by atoms with van der Waals surface area (Å²) in [5.41, 5.74) is -2.56. The smallest absolute Gasteiger partial charge is 0.362 e. The van der Waals surface area contributed by atoms with Gasteiger partial charge in [-0.25, -0.2) is 0 Å². The number of benzene rings is 1. The van der Waals surface area contributed by atoms with Crippen LogP contribution in [0.3, 0.4) is 0 Å². The van der Waals surface area contributed by atoms with E-state index in [0.717, 1.165) is 6.42 Å². The van der Waals surface area contributed by atoms with E-state index >= 15 is 0 Å². The minimum absolute atomic E-state index is 0.0273. The fourth-order valence-electron chi connectivity index (χ4n) is 4.31. The van der Waals surface area contributed by atoms with Crippen LogP contribution in [0, 0.1) is 17.3 Å². The molecule has 1 N–H and O–H groups in total. The Labute approximate surface area is 163 Å². The molecule has 1 heterocycles. The largest absolute Gasteiger partial charge is 0.439 e. The molecule has 1 amide bonds. The molecule has 1 saturated carbocycles. The lowest BCUT2D eigenvalue weighted by atomic mass is 9.64. The summed E-state index contributed by atoms with van der Waals surface area (Å²) in [6, 6.07) is 8.53. The van der Waals surface area contributed by atoms with Gasteiger partial charge in [0.2, 0.25) is 5.91 Å². The molecule has 1 aromatic carbocycles. The Morgan fingerprint density at radius 1 is 1.29 bits per heavy atom. The average molecular weight is 396 g/mol. The molecule has 1 aliphatic carbocycles. The lowest BCUT2D eigenvalue weighted by molar-refractivity contribution is -0.318. The maximum Gasteiger partial charge on any atom is 0.439 e. The summed E-state index contributed by atoms with van der Waals surface area (Å²) in [7, 11) is 0. The van der Waals surface area contributed by atoms with Crippen molar-refractivity contribution in [3.63, 3.8) is 0 Å². The quantitative estimate of drug-likeness (QED) is 0.813. The lowest BCUT2D eigenvalue weighted by Crippen LogP contribution is -2.62. The van der Waals surface area contributed by atoms with Gasteiger partial charge in [-0.2, -0.15) is 23.3 Å². The Bertz CT molecular complexity index is 761. The van der Waals surface area contributed by atoms with Gasteiger partial charge in [0.15, 0.2) is 0 Å². The van der Waals surface area contributed by atoms with Crippen molar-refractivity contribution in [1.82, 2.24) is 5.01 Å². The Hall–Kier alpha value is -1.89. The number of alkyl halides is 3. The SMILES string of the molecule is CCC(C)(C)[C@@H]1CCC2=NN(C(=O)Cc3ccccc3)[C@@](O)(C(F)(F)F)[C@H]2C1. The molecule has 154 valence electrons. The van der Waals surface area contributed by atoms with E-state index in [-0.39, 0.29) is 29.9 Å². The van der Waals surface area contributed by atoms with E-state index in [4.69, 9.17) is 0 Å². The van der Waals surface area contributed by atoms with Crippen molar-refractivity contribution < 1.29 is 23.1 Å². The Morgan fingerprint density at radius 3 is 2.50 bits per heavy atom. The molecule has 4 nitrogen and oxygen atoms in total. The van der Waals surface area contributed by atoms with Crippen LogP contribution in [0.4, 0.5) is 13.2 Å². The predicted octanol–water partition coefficient (Wildman–Crippen LogP) is 4.53. The Balaban J connectivity index is 1.92. The number of hydrazone groups is 1. The fraction of sp³-hybridized carbons (Fsp3) is 0.619. The average Bonchev–Trinajstić information content (AvgIpc) is 2.96. The molecule has 1 aliphatic heterocycles. The highest BCUT2D eigenvalue weighted by atomic mass is 19.4. The van der Waals surface area contributed by atoms with Crippen LogP contribution in [0.25, 0.3) is 0 Å². The van der Waals surface area contributed by atoms with Crippen LogP contribution in [0.5, 0.6) is 0 Å². The van der Waals surface area contributed by atoms with E-state index in [2.05, 4.69) is 5.10 Å². The van der Waals surface area contributed by atoms with E-state index in [1.807, 2.05) is 20.8 Å². The highest BCUT2D eigenvalue weighted by Crippen LogP contribution is 2.52. The number of hydrogen-bond acceptors (Lipinski definition) is 3. The molecule has 3 atom stereocenters. The Morgan fingerprint density at radius 2 is 1.93 bits per heavy atom. The zero-order valence-electron chi connectivity index (χ0n) is 16.5. The van der Waals surface area contributed by atoms with E-state index in [1.165, 1.54) is 0 Å². The number of carbonyl (C=O) groups excluding carboxylic acids is 1. The molecule has 0 saturated heterocycles. The number of hydrogen-bond donors (Lipinski definition) is 1. The monoisotopic (exact) mass is 396 g/mol. The van der Waals surface area contributed by atoms with Gasteiger partial charge in [-0.1, -0.05) is 57.5 Å². The van der Waals surface area contributed by atoms with Gasteiger partial charge in [0.05, 0.1) is 12.3 Å². The number of amides is 1. The second kappa shape index (κ2) is 7.17. The molecule has 1 aromatic rings. The van der Waals surface area contributed by atoms with Crippen LogP contribution >= 0.6 is 0 Å². The maximum absolute atomic E-state index is 14.1. The van der Waals surface area contributed by atoms with Crippen LogP contribution in [-0.4, -0.2) is 33.6 Å². The highest BCUT2D eigenvalue weighted by Gasteiger charge is 2.69. The first-order valence-corrected chi connectivity index (χ1v) is 9.74. The third kappa shape index (κ3) is 3.45. The maximum atomic E-state index is 14.1. The van der Waals surface area contributed by atoms with Crippen molar-refractivity contribution in [2.75, 3.05) is 0 Å². The highest BCUT2D eigenvalue weighted by molar-refractivity contribution is 5.93. The summed E-state index contributed by atoms with van der Waals surface area (Å²) in [4.78, 5) is 12.7. The molecule has 3 rings (SSSR count). The van der Waals surface area contributed by atoms with Gasteiger partial charge in [-0.15, -0.1) is 0 Å². The standard InChI is InChI=1S/C21H27F3N2O2/c1-4-19(2,3)15-10-11-17-16(13-15)20(28,21(22,23)24)26(25-17)18(27)12-14-8-6-5-7-9-14/h5-9,15-16,28H,4,10-13H2,1-3H3/t15-,16+,20+/m1/s1. The van der Waals surface area contributed by atoms with Crippen LogP contribution in [0.1, 0.15) is 52.0 Å². The summed E-state index contributed by atoms with van der Waals surface area (Å²) in [6.45, 7) is 6.10. The minimum Gasteiger partial charge on any atom is -0.362 e. The summed E-state index contributed by atoms with van der Waals surface area (Å²) in [6.07, 6.45) is -3.15. The van der Waals surface area contributed by atoms with Gasteiger partial charge < -0.3 is 5.11 Å². The van der Waals surface area contributed by atoms with Gasteiger partial charge in [-0.3, -0.25) is 4.79 Å². The predicted molar refractivity (Wildman–Crippen MR) is 100 cm³/mol. The van der Waals surface area contributed by atoms with Crippen molar-refractivity contribution in [1.29, 1.82) is 0 Å². The number of halogens is 3. The van der Waals surface area contributed by atoms with E-state index in [9.17, 15) is 23.1 Å². The van der Waals surface area contributed by atoms with Crippen LogP contribution in [0.2, 0.25) is 0 Å². The number of aliphatic hydroxyl groups is 1. The molecule has 28 heavy (non-hydrogen) atoms. The number of fused-ring (bicyclic) bond motifs is 1. The van der Waals surface area contributed by atoms with Crippen LogP contribution in [-0.2, 0) is 11.2 Å². The topological polar surface area (TPSA) is 52.9 Å². The van der Waals surface area contributed by atoms with Crippen LogP contribution in [0.15, 0.2) is 35.4 Å². The first-order valence-electron chi connectivity index (χ1n) is 9.74.